The van der Waals surface area contributed by atoms with Crippen molar-refractivity contribution < 1.29 is 19.4 Å². The topological polar surface area (TPSA) is 85.4 Å². The number of nitrogens with one attached hydrogen (secondary N) is 1. The van der Waals surface area contributed by atoms with Crippen molar-refractivity contribution in [3.05, 3.63) is 24.3 Å². The monoisotopic (exact) mass is 510 g/mol. The lowest BCUT2D eigenvalue weighted by Crippen LogP contribution is -2.61. The summed E-state index contributed by atoms with van der Waals surface area (Å²) in [6, 6.07) is 8.22. The molecule has 0 aromatic heterocycles. The lowest BCUT2D eigenvalue weighted by atomic mass is 9.48. The van der Waals surface area contributed by atoms with Crippen molar-refractivity contribution >= 4 is 17.6 Å². The van der Waals surface area contributed by atoms with Crippen molar-refractivity contribution in [3.63, 3.8) is 0 Å². The molecule has 202 valence electrons. The summed E-state index contributed by atoms with van der Waals surface area (Å²) in [5, 5.41) is 14.0. The highest BCUT2D eigenvalue weighted by molar-refractivity contribution is 5.83. The molecular weight excluding hydrogens is 468 g/mol. The largest absolute Gasteiger partial charge is 0.492 e. The third-order valence-corrected chi connectivity index (χ3v) is 9.79. The Morgan fingerprint density at radius 2 is 1.76 bits per heavy atom. The van der Waals surface area contributed by atoms with Crippen LogP contribution < -0.4 is 15.0 Å². The number of aliphatic hydroxyl groups is 1. The average molecular weight is 511 g/mol. The van der Waals surface area contributed by atoms with E-state index in [0.29, 0.717) is 44.0 Å². The zero-order chi connectivity index (χ0) is 25.6. The lowest BCUT2D eigenvalue weighted by molar-refractivity contribution is -0.163. The summed E-state index contributed by atoms with van der Waals surface area (Å²) >= 11 is 0. The maximum absolute atomic E-state index is 13.6. The van der Waals surface area contributed by atoms with E-state index >= 15 is 0 Å². The van der Waals surface area contributed by atoms with Gasteiger partial charge in [-0.25, -0.2) is 4.79 Å². The van der Waals surface area contributed by atoms with Gasteiger partial charge in [-0.2, -0.15) is 0 Å². The normalized spacial score (nSPS) is 35.0. The van der Waals surface area contributed by atoms with Crippen LogP contribution in [0.2, 0.25) is 0 Å². The van der Waals surface area contributed by atoms with E-state index in [-0.39, 0.29) is 29.5 Å². The minimum Gasteiger partial charge on any atom is -0.492 e. The lowest BCUT2D eigenvalue weighted by Gasteiger charge is -2.58. The molecule has 4 saturated carbocycles. The Morgan fingerprint density at radius 3 is 2.49 bits per heavy atom. The molecule has 1 aromatic carbocycles. The van der Waals surface area contributed by atoms with Crippen LogP contribution in [0.4, 0.5) is 10.5 Å². The number of hydrogen-bond acceptors (Lipinski definition) is 5. The number of ether oxygens (including phenoxy) is 1. The number of hydrogen-bond donors (Lipinski definition) is 2. The third kappa shape index (κ3) is 4.66. The Bertz CT molecular complexity index is 993. The van der Waals surface area contributed by atoms with Crippen LogP contribution in [0, 0.1) is 23.2 Å². The summed E-state index contributed by atoms with van der Waals surface area (Å²) in [5.74, 6) is 2.25. The smallest absolute Gasteiger partial charge is 0.320 e. The Hall–Kier alpha value is -2.48. The summed E-state index contributed by atoms with van der Waals surface area (Å²) in [7, 11) is 0. The number of piperazine rings is 1. The van der Waals surface area contributed by atoms with Gasteiger partial charge in [0.15, 0.2) is 0 Å². The van der Waals surface area contributed by atoms with Crippen LogP contribution in [0.25, 0.3) is 0 Å². The van der Waals surface area contributed by atoms with Gasteiger partial charge in [0.1, 0.15) is 5.75 Å². The zero-order valence-corrected chi connectivity index (χ0v) is 22.1. The second kappa shape index (κ2) is 10.0. The number of amides is 3. The van der Waals surface area contributed by atoms with Crippen molar-refractivity contribution in [1.82, 2.24) is 15.1 Å². The molecule has 6 fully saturated rings. The molecule has 2 heterocycles. The SMILES string of the molecule is CCOc1ccccc1N1CCN(C(=O)N2CCC[C@H](NC(=O)C34CC5CC(C3)C(O)C(C5)C4)C2)CC1. The molecule has 4 bridgehead atoms. The number of rotatable bonds is 5. The van der Waals surface area contributed by atoms with Crippen molar-refractivity contribution in [2.45, 2.75) is 64.0 Å². The number of carbonyl (C=O) groups is 2. The predicted octanol–water partition coefficient (Wildman–Crippen LogP) is 3.10. The van der Waals surface area contributed by atoms with Crippen LogP contribution in [0.1, 0.15) is 51.9 Å². The first-order chi connectivity index (χ1) is 18.0. The van der Waals surface area contributed by atoms with Gasteiger partial charge in [0.05, 0.1) is 23.8 Å². The maximum Gasteiger partial charge on any atom is 0.320 e. The second-order valence-electron chi connectivity index (χ2n) is 12.2. The third-order valence-electron chi connectivity index (χ3n) is 9.79. The summed E-state index contributed by atoms with van der Waals surface area (Å²) < 4.78 is 5.81. The van der Waals surface area contributed by atoms with Crippen LogP contribution in [0.15, 0.2) is 24.3 Å². The summed E-state index contributed by atoms with van der Waals surface area (Å²) in [4.78, 5) is 33.2. The predicted molar refractivity (Wildman–Crippen MR) is 142 cm³/mol. The van der Waals surface area contributed by atoms with Crippen molar-refractivity contribution in [3.8, 4) is 5.75 Å². The van der Waals surface area contributed by atoms with Gasteiger partial charge in [-0.05, 0) is 81.8 Å². The van der Waals surface area contributed by atoms with Crippen LogP contribution in [0.5, 0.6) is 5.75 Å². The molecule has 2 aliphatic heterocycles. The number of likely N-dealkylation sites (tertiary alicyclic amines) is 1. The molecule has 8 heteroatoms. The first-order valence-electron chi connectivity index (χ1n) is 14.5. The minimum absolute atomic E-state index is 0.0162. The number of carbonyl (C=O) groups excluding carboxylic acids is 2. The molecule has 3 atom stereocenters. The van der Waals surface area contributed by atoms with Gasteiger partial charge < -0.3 is 29.9 Å². The standard InChI is InChI=1S/C29H42N4O4/c1-2-37-25-8-4-3-7-24(25)31-10-12-32(13-11-31)28(36)33-9-5-6-23(19-33)30-27(35)29-16-20-14-21(17-29)26(34)22(15-20)18-29/h3-4,7-8,20-23,26,34H,2,5-6,9-19H2,1H3,(H,30,35)/t20?,21?,22?,23-,26?,29?/m0/s1. The fourth-order valence-corrected chi connectivity index (χ4v) is 8.22. The highest BCUT2D eigenvalue weighted by Gasteiger charge is 2.58. The van der Waals surface area contributed by atoms with Gasteiger partial charge in [0, 0.05) is 45.3 Å². The summed E-state index contributed by atoms with van der Waals surface area (Å²) in [6.45, 7) is 6.89. The zero-order valence-electron chi connectivity index (χ0n) is 22.1. The highest BCUT2D eigenvalue weighted by atomic mass is 16.5. The first kappa shape index (κ1) is 24.8. The Kier molecular flexibility index (Phi) is 6.72. The Balaban J connectivity index is 1.03. The number of piperidine rings is 1. The summed E-state index contributed by atoms with van der Waals surface area (Å²) in [6.07, 6.45) is 6.44. The molecule has 7 rings (SSSR count). The van der Waals surface area contributed by atoms with Gasteiger partial charge in [-0.1, -0.05) is 12.1 Å². The van der Waals surface area contributed by atoms with E-state index in [1.807, 2.05) is 34.9 Å². The van der Waals surface area contributed by atoms with Crippen molar-refractivity contribution in [2.24, 2.45) is 23.2 Å². The fourth-order valence-electron chi connectivity index (χ4n) is 8.22. The van der Waals surface area contributed by atoms with Gasteiger partial charge in [0.2, 0.25) is 5.91 Å². The van der Waals surface area contributed by atoms with E-state index in [1.54, 1.807) is 0 Å². The van der Waals surface area contributed by atoms with Crippen LogP contribution >= 0.6 is 0 Å². The van der Waals surface area contributed by atoms with Crippen molar-refractivity contribution in [1.29, 1.82) is 0 Å². The van der Waals surface area contributed by atoms with E-state index < -0.39 is 0 Å². The molecule has 1 aromatic rings. The molecule has 2 N–H and O–H groups in total. The summed E-state index contributed by atoms with van der Waals surface area (Å²) in [5.41, 5.74) is 0.797. The van der Waals surface area contributed by atoms with E-state index in [0.717, 1.165) is 76.0 Å². The van der Waals surface area contributed by atoms with Gasteiger partial charge in [0.25, 0.3) is 0 Å². The van der Waals surface area contributed by atoms with Gasteiger partial charge in [-0.15, -0.1) is 0 Å². The molecule has 0 radical (unpaired) electrons. The maximum atomic E-state index is 13.6. The first-order valence-corrected chi connectivity index (χ1v) is 14.5. The van der Waals surface area contributed by atoms with Crippen LogP contribution in [-0.2, 0) is 4.79 Å². The highest BCUT2D eigenvalue weighted by Crippen LogP contribution is 2.60. The van der Waals surface area contributed by atoms with E-state index in [9.17, 15) is 14.7 Å². The quantitative estimate of drug-likeness (QED) is 0.636. The van der Waals surface area contributed by atoms with Crippen LogP contribution in [-0.4, -0.2) is 84.9 Å². The van der Waals surface area contributed by atoms with E-state index in [4.69, 9.17) is 4.74 Å². The molecule has 2 saturated heterocycles. The number of urea groups is 1. The molecular formula is C29H42N4O4. The van der Waals surface area contributed by atoms with Crippen LogP contribution in [0.3, 0.4) is 0 Å². The Morgan fingerprint density at radius 1 is 1.03 bits per heavy atom. The molecule has 8 nitrogen and oxygen atoms in total. The van der Waals surface area contributed by atoms with Gasteiger partial charge >= 0.3 is 6.03 Å². The van der Waals surface area contributed by atoms with E-state index in [1.165, 1.54) is 0 Å². The van der Waals surface area contributed by atoms with Crippen molar-refractivity contribution in [2.75, 3.05) is 50.8 Å². The number of aliphatic hydroxyl groups excluding tert-OH is 1. The molecule has 0 spiro atoms. The second-order valence-corrected chi connectivity index (χ2v) is 12.2. The number of para-hydroxylation sites is 2. The molecule has 37 heavy (non-hydrogen) atoms. The molecule has 6 aliphatic rings. The number of anilines is 1. The Labute approximate surface area is 220 Å². The molecule has 2 unspecified atom stereocenters. The fraction of sp³-hybridized carbons (Fsp3) is 0.724. The molecule has 3 amide bonds. The minimum atomic E-state index is -0.296. The van der Waals surface area contributed by atoms with Gasteiger partial charge in [-0.3, -0.25) is 4.79 Å². The number of benzene rings is 1. The molecule has 4 aliphatic carbocycles. The average Bonchev–Trinajstić information content (AvgIpc) is 2.91. The van der Waals surface area contributed by atoms with E-state index in [2.05, 4.69) is 16.3 Å². The number of nitrogens with zero attached hydrogens (tertiary/aromatic N) is 3.